The molecule has 78 heavy (non-hydrogen) atoms. The molecule has 0 aromatic heterocycles. The van der Waals surface area contributed by atoms with E-state index in [1.165, 1.54) is 186 Å². The summed E-state index contributed by atoms with van der Waals surface area (Å²) in [7, 11) is 0. The van der Waals surface area contributed by atoms with Crippen LogP contribution in [0.3, 0.4) is 0 Å². The highest BCUT2D eigenvalue weighted by molar-refractivity contribution is 5.80. The molecule has 1 saturated heterocycles. The second kappa shape index (κ2) is 54.9. The van der Waals surface area contributed by atoms with Gasteiger partial charge in [0.1, 0.15) is 24.4 Å². The lowest BCUT2D eigenvalue weighted by molar-refractivity contribution is -0.305. The topological polar surface area (TPSA) is 175 Å². The molecular formula is C67H121NO10. The van der Waals surface area contributed by atoms with Crippen LogP contribution < -0.4 is 5.32 Å². The number of carbonyl (C=O) groups is 2. The number of aliphatic hydroxyl groups excluding tert-OH is 5. The summed E-state index contributed by atoms with van der Waals surface area (Å²) in [6.45, 7) is 5.64. The van der Waals surface area contributed by atoms with Crippen LogP contribution in [0, 0.1) is 0 Å². The second-order valence-corrected chi connectivity index (χ2v) is 22.6. The molecule has 0 spiro atoms. The molecule has 1 rings (SSSR count). The van der Waals surface area contributed by atoms with Gasteiger partial charge in [0, 0.05) is 6.42 Å². The number of amides is 1. The van der Waals surface area contributed by atoms with Gasteiger partial charge < -0.3 is 45.1 Å². The van der Waals surface area contributed by atoms with Crippen molar-refractivity contribution in [3.63, 3.8) is 0 Å². The molecule has 0 bridgehead atoms. The number of allylic oxidation sites excluding steroid dienone is 9. The highest BCUT2D eigenvalue weighted by Gasteiger charge is 2.47. The summed E-state index contributed by atoms with van der Waals surface area (Å²) in [6.07, 6.45) is 58.6. The lowest BCUT2D eigenvalue weighted by Gasteiger charge is -2.41. The van der Waals surface area contributed by atoms with E-state index in [1.54, 1.807) is 6.08 Å². The third-order valence-electron chi connectivity index (χ3n) is 15.3. The first-order chi connectivity index (χ1) is 38.2. The molecule has 0 aliphatic carbocycles. The molecule has 8 atom stereocenters. The molecule has 6 N–H and O–H groups in total. The van der Waals surface area contributed by atoms with E-state index in [4.69, 9.17) is 14.2 Å². The number of carbonyl (C=O) groups excluding carboxylic acids is 2. The largest absolute Gasteiger partial charge is 0.454 e. The third kappa shape index (κ3) is 42.2. The Morgan fingerprint density at radius 3 is 1.38 bits per heavy atom. The predicted molar refractivity (Wildman–Crippen MR) is 324 cm³/mol. The van der Waals surface area contributed by atoms with Crippen LogP contribution >= 0.6 is 0 Å². The number of ether oxygens (including phenoxy) is 3. The van der Waals surface area contributed by atoms with Crippen molar-refractivity contribution in [2.24, 2.45) is 0 Å². The minimum absolute atomic E-state index is 0.121. The second-order valence-electron chi connectivity index (χ2n) is 22.6. The van der Waals surface area contributed by atoms with Crippen molar-refractivity contribution in [3.8, 4) is 0 Å². The average Bonchev–Trinajstić information content (AvgIpc) is 3.45. The summed E-state index contributed by atoms with van der Waals surface area (Å²) in [6, 6.07) is -1.04. The van der Waals surface area contributed by atoms with Gasteiger partial charge in [-0.3, -0.25) is 9.59 Å². The highest BCUT2D eigenvalue weighted by atomic mass is 16.7. The maximum atomic E-state index is 13.4. The van der Waals surface area contributed by atoms with E-state index in [2.05, 4.69) is 32.2 Å². The Bertz CT molecular complexity index is 1500. The number of esters is 1. The van der Waals surface area contributed by atoms with Crippen LogP contribution in [-0.4, -0.2) is 99.6 Å². The van der Waals surface area contributed by atoms with Crippen molar-refractivity contribution >= 4 is 11.9 Å². The van der Waals surface area contributed by atoms with Crippen LogP contribution in [0.2, 0.25) is 0 Å². The fourth-order valence-electron chi connectivity index (χ4n) is 10.1. The number of rotatable bonds is 55. The minimum atomic E-state index is -1.62. The Morgan fingerprint density at radius 2 is 0.923 bits per heavy atom. The molecule has 1 heterocycles. The van der Waals surface area contributed by atoms with E-state index >= 15 is 0 Å². The van der Waals surface area contributed by atoms with E-state index in [0.717, 1.165) is 57.8 Å². The Labute approximate surface area is 478 Å². The van der Waals surface area contributed by atoms with Crippen molar-refractivity contribution in [2.45, 2.75) is 339 Å². The van der Waals surface area contributed by atoms with Crippen LogP contribution in [0.1, 0.15) is 290 Å². The first kappa shape index (κ1) is 73.4. The van der Waals surface area contributed by atoms with Crippen molar-refractivity contribution < 1.29 is 49.3 Å². The molecule has 1 aliphatic heterocycles. The van der Waals surface area contributed by atoms with Gasteiger partial charge in [-0.25, -0.2) is 0 Å². The van der Waals surface area contributed by atoms with Gasteiger partial charge in [0.05, 0.1) is 25.4 Å². The van der Waals surface area contributed by atoms with Gasteiger partial charge in [-0.2, -0.15) is 0 Å². The quantitative estimate of drug-likeness (QED) is 0.0149. The smallest absolute Gasteiger partial charge is 0.306 e. The van der Waals surface area contributed by atoms with Gasteiger partial charge in [-0.15, -0.1) is 0 Å². The van der Waals surface area contributed by atoms with Gasteiger partial charge in [0.15, 0.2) is 12.4 Å². The van der Waals surface area contributed by atoms with Crippen LogP contribution in [0.4, 0.5) is 0 Å². The maximum absolute atomic E-state index is 13.4. The van der Waals surface area contributed by atoms with Crippen molar-refractivity contribution in [1.82, 2.24) is 5.32 Å². The molecule has 0 aromatic carbocycles. The first-order valence-electron chi connectivity index (χ1n) is 32.6. The molecule has 0 radical (unpaired) electrons. The lowest BCUT2D eigenvalue weighted by Crippen LogP contribution is -2.61. The summed E-state index contributed by atoms with van der Waals surface area (Å²) in [5.41, 5.74) is 0. The van der Waals surface area contributed by atoms with Crippen LogP contribution in [0.15, 0.2) is 60.8 Å². The maximum Gasteiger partial charge on any atom is 0.306 e. The standard InChI is InChI=1S/C67H121NO10/c1-4-7-10-13-16-19-22-25-26-27-28-29-30-31-32-33-34-35-36-37-40-43-46-49-52-55-62(72)78-65-64(74)63(73)61(56-69)77-67(65)76-57-58(59(70)53-50-47-44-41-38-23-20-17-14-11-8-5-2)68-66(75)60(71)54-51-48-45-42-39-24-21-18-15-12-9-6-3/h9,12,15,18,21,24,39,42,50,53,58-61,63-65,67,69-71,73-74H,4-8,10-11,13-14,16-17,19-20,22-23,25-38,40-41,43-49,51-52,54-57H2,1-3H3,(H,68,75)/b12-9+,18-15+,24-21-,42-39-,53-50+. The number of nitrogens with one attached hydrogen (secondary N) is 1. The zero-order chi connectivity index (χ0) is 56.8. The van der Waals surface area contributed by atoms with E-state index in [1.807, 2.05) is 48.6 Å². The summed E-state index contributed by atoms with van der Waals surface area (Å²) in [4.78, 5) is 26.5. The Hall–Kier alpha value is -2.64. The SMILES string of the molecule is CC/C=C/C=C/C=C\C=C/CCCCC(O)C(=O)NC(COC1OC(CO)C(O)C(O)C1OC(=O)CCCCCCCCCCCCCCCCCCCCCCCCCCC)C(O)/C=C/CCCCCCCCCCCC. The fourth-order valence-corrected chi connectivity index (χ4v) is 10.1. The fraction of sp³-hybridized carbons (Fsp3) is 0.821. The predicted octanol–water partition coefficient (Wildman–Crippen LogP) is 15.8. The molecule has 454 valence electrons. The number of aliphatic hydroxyl groups is 5. The van der Waals surface area contributed by atoms with Gasteiger partial charge >= 0.3 is 5.97 Å². The van der Waals surface area contributed by atoms with Gasteiger partial charge in [0.2, 0.25) is 5.91 Å². The third-order valence-corrected chi connectivity index (χ3v) is 15.3. The molecule has 11 heteroatoms. The highest BCUT2D eigenvalue weighted by Crippen LogP contribution is 2.26. The molecule has 1 fully saturated rings. The molecule has 0 aromatic rings. The zero-order valence-electron chi connectivity index (χ0n) is 50.3. The Balaban J connectivity index is 2.57. The molecular weight excluding hydrogens is 979 g/mol. The van der Waals surface area contributed by atoms with Gasteiger partial charge in [-0.1, -0.05) is 300 Å². The van der Waals surface area contributed by atoms with Crippen LogP contribution in [0.5, 0.6) is 0 Å². The first-order valence-corrected chi connectivity index (χ1v) is 32.6. The number of unbranched alkanes of at least 4 members (excludes halogenated alkanes) is 36. The normalized spacial score (nSPS) is 19.3. The van der Waals surface area contributed by atoms with Gasteiger partial charge in [0.25, 0.3) is 0 Å². The van der Waals surface area contributed by atoms with E-state index < -0.39 is 67.4 Å². The number of hydrogen-bond donors (Lipinski definition) is 6. The van der Waals surface area contributed by atoms with E-state index in [0.29, 0.717) is 12.8 Å². The van der Waals surface area contributed by atoms with Crippen molar-refractivity contribution in [2.75, 3.05) is 13.2 Å². The summed E-state index contributed by atoms with van der Waals surface area (Å²) < 4.78 is 17.6. The summed E-state index contributed by atoms with van der Waals surface area (Å²) in [5.74, 6) is -1.23. The molecule has 8 unspecified atom stereocenters. The van der Waals surface area contributed by atoms with Crippen molar-refractivity contribution in [1.29, 1.82) is 0 Å². The zero-order valence-corrected chi connectivity index (χ0v) is 50.3. The molecule has 1 amide bonds. The average molecular weight is 1100 g/mol. The van der Waals surface area contributed by atoms with E-state index in [9.17, 15) is 35.1 Å². The monoisotopic (exact) mass is 1100 g/mol. The van der Waals surface area contributed by atoms with Crippen molar-refractivity contribution in [3.05, 3.63) is 60.8 Å². The van der Waals surface area contributed by atoms with E-state index in [-0.39, 0.29) is 19.4 Å². The van der Waals surface area contributed by atoms with Crippen LogP contribution in [-0.2, 0) is 23.8 Å². The minimum Gasteiger partial charge on any atom is -0.454 e. The van der Waals surface area contributed by atoms with Crippen LogP contribution in [0.25, 0.3) is 0 Å². The van der Waals surface area contributed by atoms with Gasteiger partial charge in [-0.05, 0) is 44.9 Å². The molecule has 0 saturated carbocycles. The Morgan fingerprint density at radius 1 is 0.513 bits per heavy atom. The lowest BCUT2D eigenvalue weighted by atomic mass is 9.99. The summed E-state index contributed by atoms with van der Waals surface area (Å²) in [5, 5.41) is 56.9. The molecule has 11 nitrogen and oxygen atoms in total. The summed E-state index contributed by atoms with van der Waals surface area (Å²) >= 11 is 0. The number of hydrogen-bond acceptors (Lipinski definition) is 10. The Kier molecular flexibility index (Phi) is 51.7. The molecule has 1 aliphatic rings.